The molecule has 19 heavy (non-hydrogen) atoms. The number of hydrogen-bond acceptors (Lipinski definition) is 3. The summed E-state index contributed by atoms with van der Waals surface area (Å²) < 4.78 is 5.77. The number of phenolic OH excluding ortho intramolecular Hbond substituents is 2. The third-order valence-electron chi connectivity index (χ3n) is 3.35. The van der Waals surface area contributed by atoms with Crippen LogP contribution in [-0.4, -0.2) is 10.2 Å². The topological polar surface area (TPSA) is 53.6 Å². The van der Waals surface area contributed by atoms with Gasteiger partial charge in [-0.05, 0) is 24.6 Å². The summed E-state index contributed by atoms with van der Waals surface area (Å²) in [5, 5.41) is 20.0. The van der Waals surface area contributed by atoms with Crippen molar-refractivity contribution in [2.24, 2.45) is 0 Å². The van der Waals surface area contributed by atoms with Crippen molar-refractivity contribution in [3.8, 4) is 11.5 Å². The average molecular weight is 254 g/mol. The van der Waals surface area contributed by atoms with Crippen LogP contribution in [0.5, 0.6) is 11.5 Å². The Hall–Kier alpha value is -2.42. The van der Waals surface area contributed by atoms with E-state index in [9.17, 15) is 10.2 Å². The number of benzene rings is 2. The molecule has 0 radical (unpaired) electrons. The van der Waals surface area contributed by atoms with Gasteiger partial charge in [0, 0.05) is 12.0 Å². The molecule has 1 heterocycles. The summed E-state index contributed by atoms with van der Waals surface area (Å²) in [5.41, 5.74) is 2.61. The van der Waals surface area contributed by atoms with Gasteiger partial charge in [0.05, 0.1) is 5.39 Å². The van der Waals surface area contributed by atoms with E-state index in [4.69, 9.17) is 4.42 Å². The van der Waals surface area contributed by atoms with Gasteiger partial charge in [-0.3, -0.25) is 0 Å². The molecule has 2 N–H and O–H groups in total. The van der Waals surface area contributed by atoms with Gasteiger partial charge in [-0.1, -0.05) is 30.3 Å². The fourth-order valence-corrected chi connectivity index (χ4v) is 2.31. The minimum atomic E-state index is -0.123. The predicted octanol–water partition coefficient (Wildman–Crippen LogP) is 3.74. The van der Waals surface area contributed by atoms with Crippen LogP contribution < -0.4 is 0 Å². The smallest absolute Gasteiger partial charge is 0.169 e. The Kier molecular flexibility index (Phi) is 2.67. The lowest BCUT2D eigenvalue weighted by Crippen LogP contribution is -1.87. The second-order valence-corrected chi connectivity index (χ2v) is 4.62. The maximum Gasteiger partial charge on any atom is 0.169 e. The third-order valence-corrected chi connectivity index (χ3v) is 3.35. The van der Waals surface area contributed by atoms with Crippen LogP contribution in [0.4, 0.5) is 0 Å². The van der Waals surface area contributed by atoms with Gasteiger partial charge in [-0.2, -0.15) is 0 Å². The summed E-state index contributed by atoms with van der Waals surface area (Å²) in [6.45, 7) is 1.89. The Labute approximate surface area is 110 Å². The van der Waals surface area contributed by atoms with Gasteiger partial charge < -0.3 is 14.6 Å². The van der Waals surface area contributed by atoms with E-state index in [0.29, 0.717) is 17.4 Å². The monoisotopic (exact) mass is 254 g/mol. The highest BCUT2D eigenvalue weighted by molar-refractivity contribution is 5.90. The predicted molar refractivity (Wildman–Crippen MR) is 73.5 cm³/mol. The molecule has 3 nitrogen and oxygen atoms in total. The maximum atomic E-state index is 9.91. The molecular weight excluding hydrogens is 240 g/mol. The lowest BCUT2D eigenvalue weighted by molar-refractivity contribution is 0.407. The number of fused-ring (bicyclic) bond motifs is 1. The Morgan fingerprint density at radius 1 is 1.00 bits per heavy atom. The van der Waals surface area contributed by atoms with E-state index in [2.05, 4.69) is 0 Å². The minimum Gasteiger partial charge on any atom is -0.504 e. The van der Waals surface area contributed by atoms with Crippen molar-refractivity contribution in [1.29, 1.82) is 0 Å². The highest BCUT2D eigenvalue weighted by atomic mass is 16.3. The standard InChI is InChI=1S/C16H14O3/c1-10-14(9-11-5-3-2-4-6-11)19-13-8-7-12(17)16(18)15(10)13/h2-8,17-18H,9H2,1H3. The summed E-state index contributed by atoms with van der Waals surface area (Å²) in [6, 6.07) is 13.1. The van der Waals surface area contributed by atoms with E-state index in [1.165, 1.54) is 6.07 Å². The third kappa shape index (κ3) is 1.93. The molecule has 2 aromatic carbocycles. The average Bonchev–Trinajstić information content (AvgIpc) is 2.73. The Balaban J connectivity index is 2.11. The SMILES string of the molecule is Cc1c(Cc2ccccc2)oc2ccc(O)c(O)c12. The van der Waals surface area contributed by atoms with Crippen LogP contribution in [-0.2, 0) is 6.42 Å². The largest absolute Gasteiger partial charge is 0.504 e. The van der Waals surface area contributed by atoms with E-state index in [1.54, 1.807) is 6.07 Å². The quantitative estimate of drug-likeness (QED) is 0.685. The van der Waals surface area contributed by atoms with Gasteiger partial charge in [0.25, 0.3) is 0 Å². The molecule has 0 atom stereocenters. The van der Waals surface area contributed by atoms with Gasteiger partial charge in [-0.15, -0.1) is 0 Å². The first-order valence-corrected chi connectivity index (χ1v) is 6.13. The fraction of sp³-hybridized carbons (Fsp3) is 0.125. The first kappa shape index (κ1) is 11.7. The van der Waals surface area contributed by atoms with Gasteiger partial charge in [0.15, 0.2) is 11.5 Å². The molecule has 3 heteroatoms. The molecule has 0 aliphatic rings. The van der Waals surface area contributed by atoms with Gasteiger partial charge in [0.1, 0.15) is 11.3 Å². The van der Waals surface area contributed by atoms with Crippen LogP contribution in [0.1, 0.15) is 16.9 Å². The number of rotatable bonds is 2. The van der Waals surface area contributed by atoms with Gasteiger partial charge in [0.2, 0.25) is 0 Å². The van der Waals surface area contributed by atoms with E-state index >= 15 is 0 Å². The Morgan fingerprint density at radius 2 is 1.74 bits per heavy atom. The van der Waals surface area contributed by atoms with E-state index in [-0.39, 0.29) is 11.5 Å². The minimum absolute atomic E-state index is 0.113. The molecule has 1 aromatic heterocycles. The molecule has 0 amide bonds. The molecule has 0 spiro atoms. The lowest BCUT2D eigenvalue weighted by atomic mass is 10.1. The molecule has 0 saturated heterocycles. The van der Waals surface area contributed by atoms with Crippen LogP contribution in [0.25, 0.3) is 11.0 Å². The molecule has 0 bridgehead atoms. The molecule has 96 valence electrons. The zero-order chi connectivity index (χ0) is 13.4. The maximum absolute atomic E-state index is 9.91. The second kappa shape index (κ2) is 4.35. The number of furan rings is 1. The normalized spacial score (nSPS) is 11.0. The summed E-state index contributed by atoms with van der Waals surface area (Å²) in [5.74, 6) is 0.572. The van der Waals surface area contributed by atoms with Crippen molar-refractivity contribution in [3.63, 3.8) is 0 Å². The fourth-order valence-electron chi connectivity index (χ4n) is 2.31. The first-order chi connectivity index (χ1) is 9.16. The van der Waals surface area contributed by atoms with Crippen molar-refractivity contribution < 1.29 is 14.6 Å². The number of aryl methyl sites for hydroxylation is 1. The van der Waals surface area contributed by atoms with Crippen molar-refractivity contribution in [3.05, 3.63) is 59.4 Å². The summed E-state index contributed by atoms with van der Waals surface area (Å²) >= 11 is 0. The van der Waals surface area contributed by atoms with Crippen molar-refractivity contribution in [2.45, 2.75) is 13.3 Å². The van der Waals surface area contributed by atoms with Crippen molar-refractivity contribution in [2.75, 3.05) is 0 Å². The molecular formula is C16H14O3. The zero-order valence-electron chi connectivity index (χ0n) is 10.6. The Morgan fingerprint density at radius 3 is 2.47 bits per heavy atom. The lowest BCUT2D eigenvalue weighted by Gasteiger charge is -1.99. The summed E-state index contributed by atoms with van der Waals surface area (Å²) in [4.78, 5) is 0. The second-order valence-electron chi connectivity index (χ2n) is 4.62. The zero-order valence-corrected chi connectivity index (χ0v) is 10.6. The first-order valence-electron chi connectivity index (χ1n) is 6.13. The van der Waals surface area contributed by atoms with Crippen LogP contribution >= 0.6 is 0 Å². The summed E-state index contributed by atoms with van der Waals surface area (Å²) in [7, 11) is 0. The molecule has 0 aliphatic carbocycles. The van der Waals surface area contributed by atoms with Crippen LogP contribution in [0.3, 0.4) is 0 Å². The highest BCUT2D eigenvalue weighted by Gasteiger charge is 2.16. The van der Waals surface area contributed by atoms with Crippen LogP contribution in [0.2, 0.25) is 0 Å². The van der Waals surface area contributed by atoms with E-state index < -0.39 is 0 Å². The highest BCUT2D eigenvalue weighted by Crippen LogP contribution is 2.38. The van der Waals surface area contributed by atoms with Gasteiger partial charge >= 0.3 is 0 Å². The number of phenols is 2. The molecule has 3 rings (SSSR count). The van der Waals surface area contributed by atoms with Crippen molar-refractivity contribution in [1.82, 2.24) is 0 Å². The van der Waals surface area contributed by atoms with E-state index in [0.717, 1.165) is 16.9 Å². The molecule has 0 fully saturated rings. The number of aromatic hydroxyl groups is 2. The Bertz CT molecular complexity index is 727. The van der Waals surface area contributed by atoms with E-state index in [1.807, 2.05) is 37.3 Å². The van der Waals surface area contributed by atoms with Crippen LogP contribution in [0, 0.1) is 6.92 Å². The number of hydrogen-bond donors (Lipinski definition) is 2. The molecule has 0 saturated carbocycles. The van der Waals surface area contributed by atoms with Crippen molar-refractivity contribution >= 4 is 11.0 Å². The van der Waals surface area contributed by atoms with Crippen LogP contribution in [0.15, 0.2) is 46.9 Å². The van der Waals surface area contributed by atoms with Gasteiger partial charge in [-0.25, -0.2) is 0 Å². The summed E-state index contributed by atoms with van der Waals surface area (Å²) in [6.07, 6.45) is 0.668. The molecule has 3 aromatic rings. The molecule has 0 unspecified atom stereocenters. The molecule has 0 aliphatic heterocycles.